The van der Waals surface area contributed by atoms with E-state index in [2.05, 4.69) is 15.5 Å². The fraction of sp³-hybridized carbons (Fsp3) is 0.0952. The number of amides is 1. The predicted octanol–water partition coefficient (Wildman–Crippen LogP) is 5.38. The molecule has 7 nitrogen and oxygen atoms in total. The Hall–Kier alpha value is -3.00. The molecule has 2 aromatic heterocycles. The van der Waals surface area contributed by atoms with Crippen LogP contribution in [0.15, 0.2) is 67.0 Å². The fourth-order valence-corrected chi connectivity index (χ4v) is 3.35. The van der Waals surface area contributed by atoms with Crippen molar-refractivity contribution in [1.29, 1.82) is 0 Å². The lowest BCUT2D eigenvalue weighted by atomic mass is 10.2. The second kappa shape index (κ2) is 9.43. The highest BCUT2D eigenvalue weighted by molar-refractivity contribution is 6.33. The minimum Gasteiger partial charge on any atom is -0.471 e. The van der Waals surface area contributed by atoms with Crippen molar-refractivity contribution in [3.8, 4) is 5.75 Å². The van der Waals surface area contributed by atoms with Crippen LogP contribution in [0.3, 0.4) is 0 Å². The second-order valence-electron chi connectivity index (χ2n) is 6.51. The molecule has 2 heterocycles. The molecule has 0 aliphatic rings. The van der Waals surface area contributed by atoms with E-state index >= 15 is 0 Å². The monoisotopic (exact) mass is 475 g/mol. The molecular formula is C21H16Cl3N5O2. The molecule has 0 spiro atoms. The molecule has 4 rings (SSSR count). The summed E-state index contributed by atoms with van der Waals surface area (Å²) in [6.07, 6.45) is 3.14. The number of carbonyl (C=O) groups excluding carboxylic acids is 1. The van der Waals surface area contributed by atoms with Crippen molar-refractivity contribution in [3.05, 3.63) is 93.3 Å². The minimum atomic E-state index is -0.415. The number of anilines is 1. The normalized spacial score (nSPS) is 10.8. The Morgan fingerprint density at radius 1 is 1.00 bits per heavy atom. The SMILES string of the molecule is O=C(Nc1nn(Cc2ccccc2Cl)cc1Cl)c1ccnn1COc1ccc(Cl)cc1. The number of nitrogens with one attached hydrogen (secondary N) is 1. The summed E-state index contributed by atoms with van der Waals surface area (Å²) in [6.45, 7) is 0.466. The van der Waals surface area contributed by atoms with Crippen LogP contribution in [0.1, 0.15) is 16.1 Å². The van der Waals surface area contributed by atoms with Gasteiger partial charge in [0.1, 0.15) is 16.5 Å². The summed E-state index contributed by atoms with van der Waals surface area (Å²) in [5.41, 5.74) is 1.18. The third-order valence-corrected chi connectivity index (χ3v) is 5.25. The number of benzene rings is 2. The van der Waals surface area contributed by atoms with Crippen LogP contribution in [0.5, 0.6) is 5.75 Å². The summed E-state index contributed by atoms with van der Waals surface area (Å²) < 4.78 is 8.70. The zero-order valence-corrected chi connectivity index (χ0v) is 18.3. The maximum absolute atomic E-state index is 12.8. The Bertz CT molecular complexity index is 1200. The molecule has 2 aromatic carbocycles. The highest BCUT2D eigenvalue weighted by Crippen LogP contribution is 2.23. The van der Waals surface area contributed by atoms with Crippen molar-refractivity contribution < 1.29 is 9.53 Å². The van der Waals surface area contributed by atoms with Gasteiger partial charge in [-0.2, -0.15) is 10.2 Å². The Morgan fingerprint density at radius 2 is 1.77 bits per heavy atom. The number of halogens is 3. The molecule has 0 bridgehead atoms. The molecule has 0 aliphatic carbocycles. The van der Waals surface area contributed by atoms with Crippen molar-refractivity contribution in [2.24, 2.45) is 0 Å². The van der Waals surface area contributed by atoms with Crippen molar-refractivity contribution in [3.63, 3.8) is 0 Å². The van der Waals surface area contributed by atoms with E-state index in [-0.39, 0.29) is 12.5 Å². The second-order valence-corrected chi connectivity index (χ2v) is 7.76. The first-order valence-electron chi connectivity index (χ1n) is 9.17. The molecule has 0 saturated heterocycles. The van der Waals surface area contributed by atoms with Crippen LogP contribution in [-0.4, -0.2) is 25.5 Å². The molecule has 0 fully saturated rings. The summed E-state index contributed by atoms with van der Waals surface area (Å²) in [7, 11) is 0. The molecule has 31 heavy (non-hydrogen) atoms. The Balaban J connectivity index is 1.43. The number of hydrogen-bond donors (Lipinski definition) is 1. The van der Waals surface area contributed by atoms with Crippen LogP contribution < -0.4 is 10.1 Å². The van der Waals surface area contributed by atoms with Gasteiger partial charge in [0.15, 0.2) is 12.5 Å². The third-order valence-electron chi connectivity index (χ3n) is 4.36. The minimum absolute atomic E-state index is 0.0477. The van der Waals surface area contributed by atoms with Gasteiger partial charge in [-0.05, 0) is 42.0 Å². The standard InChI is InChI=1S/C21H16Cl3N5O2/c22-15-5-7-16(8-6-15)31-13-29-19(9-10-25-29)21(30)26-20-18(24)12-28(27-20)11-14-3-1-2-4-17(14)23/h1-10,12H,11,13H2,(H,26,27,30). The molecule has 0 aliphatic heterocycles. The third kappa shape index (κ3) is 5.19. The van der Waals surface area contributed by atoms with Crippen LogP contribution in [0.4, 0.5) is 5.82 Å². The number of nitrogens with zero attached hydrogens (tertiary/aromatic N) is 4. The predicted molar refractivity (Wildman–Crippen MR) is 120 cm³/mol. The zero-order valence-electron chi connectivity index (χ0n) is 16.0. The topological polar surface area (TPSA) is 74.0 Å². The van der Waals surface area contributed by atoms with E-state index in [9.17, 15) is 4.79 Å². The summed E-state index contributed by atoms with van der Waals surface area (Å²) in [5, 5.41) is 12.7. The van der Waals surface area contributed by atoms with E-state index in [0.717, 1.165) is 5.56 Å². The van der Waals surface area contributed by atoms with Gasteiger partial charge in [-0.1, -0.05) is 53.0 Å². The van der Waals surface area contributed by atoms with Crippen LogP contribution >= 0.6 is 34.8 Å². The number of ether oxygens (including phenoxy) is 1. The summed E-state index contributed by atoms with van der Waals surface area (Å²) >= 11 is 18.3. The van der Waals surface area contributed by atoms with Gasteiger partial charge in [0.2, 0.25) is 0 Å². The van der Waals surface area contributed by atoms with Crippen molar-refractivity contribution in [2.45, 2.75) is 13.3 Å². The van der Waals surface area contributed by atoms with Crippen molar-refractivity contribution in [1.82, 2.24) is 19.6 Å². The van der Waals surface area contributed by atoms with Crippen LogP contribution in [-0.2, 0) is 13.3 Å². The number of hydrogen-bond acceptors (Lipinski definition) is 4. The van der Waals surface area contributed by atoms with Gasteiger partial charge >= 0.3 is 0 Å². The molecule has 1 amide bonds. The zero-order chi connectivity index (χ0) is 21.8. The summed E-state index contributed by atoms with van der Waals surface area (Å²) in [6, 6.07) is 15.9. The molecule has 1 N–H and O–H groups in total. The van der Waals surface area contributed by atoms with Crippen LogP contribution in [0, 0.1) is 0 Å². The molecule has 0 atom stereocenters. The number of rotatable bonds is 7. The molecular weight excluding hydrogens is 461 g/mol. The van der Waals surface area contributed by atoms with E-state index in [1.165, 1.54) is 10.9 Å². The summed E-state index contributed by atoms with van der Waals surface area (Å²) in [4.78, 5) is 12.8. The Kier molecular flexibility index (Phi) is 6.46. The highest BCUT2D eigenvalue weighted by Gasteiger charge is 2.17. The van der Waals surface area contributed by atoms with Gasteiger partial charge in [-0.15, -0.1) is 0 Å². The van der Waals surface area contributed by atoms with Gasteiger partial charge in [0.05, 0.1) is 6.54 Å². The smallest absolute Gasteiger partial charge is 0.275 e. The maximum atomic E-state index is 12.8. The van der Waals surface area contributed by atoms with Gasteiger partial charge in [-0.25, -0.2) is 4.68 Å². The number of carbonyl (C=O) groups is 1. The molecule has 4 aromatic rings. The molecule has 158 valence electrons. The Morgan fingerprint density at radius 3 is 2.55 bits per heavy atom. The van der Waals surface area contributed by atoms with Gasteiger partial charge < -0.3 is 10.1 Å². The van der Waals surface area contributed by atoms with E-state index in [4.69, 9.17) is 39.5 Å². The number of aromatic nitrogens is 4. The molecule has 0 radical (unpaired) electrons. The average Bonchev–Trinajstić information content (AvgIpc) is 3.36. The maximum Gasteiger partial charge on any atom is 0.275 e. The quantitative estimate of drug-likeness (QED) is 0.389. The fourth-order valence-electron chi connectivity index (χ4n) is 2.83. The molecule has 0 saturated carbocycles. The first-order chi connectivity index (χ1) is 15.0. The van der Waals surface area contributed by atoms with Crippen LogP contribution in [0.25, 0.3) is 0 Å². The molecule has 0 unspecified atom stereocenters. The lowest BCUT2D eigenvalue weighted by Gasteiger charge is -2.09. The lowest BCUT2D eigenvalue weighted by molar-refractivity contribution is 0.100. The van der Waals surface area contributed by atoms with Gasteiger partial charge in [-0.3, -0.25) is 9.48 Å². The largest absolute Gasteiger partial charge is 0.471 e. The molecule has 10 heteroatoms. The van der Waals surface area contributed by atoms with E-state index in [1.807, 2.05) is 18.2 Å². The van der Waals surface area contributed by atoms with E-state index < -0.39 is 5.91 Å². The highest BCUT2D eigenvalue weighted by atomic mass is 35.5. The summed E-state index contributed by atoms with van der Waals surface area (Å²) in [5.74, 6) is 0.430. The van der Waals surface area contributed by atoms with E-state index in [1.54, 1.807) is 47.3 Å². The first-order valence-corrected chi connectivity index (χ1v) is 10.3. The van der Waals surface area contributed by atoms with Gasteiger partial charge in [0, 0.05) is 22.4 Å². The van der Waals surface area contributed by atoms with E-state index in [0.29, 0.717) is 33.1 Å². The van der Waals surface area contributed by atoms with Gasteiger partial charge in [0.25, 0.3) is 5.91 Å². The first kappa shape index (κ1) is 21.2. The Labute approximate surface area is 193 Å². The lowest BCUT2D eigenvalue weighted by Crippen LogP contribution is -2.20. The van der Waals surface area contributed by atoms with Crippen LogP contribution in [0.2, 0.25) is 15.1 Å². The van der Waals surface area contributed by atoms with Crippen molar-refractivity contribution >= 4 is 46.5 Å². The average molecular weight is 477 g/mol. The van der Waals surface area contributed by atoms with Crippen molar-refractivity contribution in [2.75, 3.05) is 5.32 Å².